The number of aromatic nitrogens is 6. The lowest BCUT2D eigenvalue weighted by Crippen LogP contribution is -2.49. The lowest BCUT2D eigenvalue weighted by molar-refractivity contribution is -0.135. The summed E-state index contributed by atoms with van der Waals surface area (Å²) < 4.78 is 9.87. The number of rotatable bonds is 14. The summed E-state index contributed by atoms with van der Waals surface area (Å²) in [6.45, 7) is 0.963. The fourth-order valence-electron chi connectivity index (χ4n) is 6.52. The molecule has 6 rings (SSSR count). The van der Waals surface area contributed by atoms with E-state index in [1.165, 1.54) is 36.9 Å². The van der Waals surface area contributed by atoms with E-state index in [-0.39, 0.29) is 31.0 Å². The van der Waals surface area contributed by atoms with Gasteiger partial charge >= 0.3 is 12.2 Å². The third-order valence-electron chi connectivity index (χ3n) is 9.02. The highest BCUT2D eigenvalue weighted by atomic mass is 32.1. The average Bonchev–Trinajstić information content (AvgIpc) is 3.98. The number of carboxylic acid groups (broad SMARTS) is 1. The zero-order chi connectivity index (χ0) is 36.8. The van der Waals surface area contributed by atoms with Crippen LogP contribution in [0.25, 0.3) is 31.2 Å². The third-order valence-corrected chi connectivity index (χ3v) is 11.2. The number of aromatic amines is 2. The number of carbonyl (C=O) groups excluding carboxylic acids is 3. The minimum Gasteiger partial charge on any atom is -0.465 e. The number of imidazole rings is 2. The van der Waals surface area contributed by atoms with Gasteiger partial charge in [0.15, 0.2) is 10.0 Å². The van der Waals surface area contributed by atoms with Crippen LogP contribution in [-0.2, 0) is 19.1 Å². The molecule has 20 heteroatoms. The number of aliphatic hydroxyl groups is 1. The Hall–Kier alpha value is -4.92. The summed E-state index contributed by atoms with van der Waals surface area (Å²) in [5, 5.41) is 24.8. The van der Waals surface area contributed by atoms with Gasteiger partial charge in [0.25, 0.3) is 0 Å². The minimum absolute atomic E-state index is 0.0186. The van der Waals surface area contributed by atoms with Crippen molar-refractivity contribution >= 4 is 46.7 Å². The number of alkyl carbamates (subject to hydrolysis) is 1. The van der Waals surface area contributed by atoms with Gasteiger partial charge in [-0.1, -0.05) is 0 Å². The Labute approximate surface area is 306 Å². The molecule has 2 saturated heterocycles. The topological polar surface area (TPSA) is 241 Å². The summed E-state index contributed by atoms with van der Waals surface area (Å²) in [5.74, 6) is 0.624. The molecule has 2 fully saturated rings. The number of nitrogens with one attached hydrogen (secondary N) is 4. The molecular weight excluding hydrogens is 717 g/mol. The molecule has 4 aromatic rings. The van der Waals surface area contributed by atoms with E-state index in [4.69, 9.17) is 14.6 Å². The van der Waals surface area contributed by atoms with Crippen molar-refractivity contribution in [1.82, 2.24) is 50.3 Å². The summed E-state index contributed by atoms with van der Waals surface area (Å²) in [6, 6.07) is -2.46. The van der Waals surface area contributed by atoms with Gasteiger partial charge in [-0.15, -0.1) is 22.7 Å². The summed E-state index contributed by atoms with van der Waals surface area (Å²) in [6.07, 6.45) is 8.10. The molecule has 0 aliphatic carbocycles. The number of methoxy groups -OCH3 is 2. The highest BCUT2D eigenvalue weighted by molar-refractivity contribution is 7.24. The monoisotopic (exact) mass is 756 g/mol. The molecule has 4 unspecified atom stereocenters. The van der Waals surface area contributed by atoms with Crippen molar-refractivity contribution in [2.75, 3.05) is 40.5 Å². The summed E-state index contributed by atoms with van der Waals surface area (Å²) >= 11 is 2.88. The van der Waals surface area contributed by atoms with Crippen LogP contribution >= 0.6 is 22.7 Å². The van der Waals surface area contributed by atoms with Crippen molar-refractivity contribution in [2.45, 2.75) is 62.7 Å². The number of likely N-dealkylation sites (tertiary alicyclic amines) is 2. The quantitative estimate of drug-likeness (QED) is 0.109. The fourth-order valence-corrected chi connectivity index (χ4v) is 8.31. The van der Waals surface area contributed by atoms with Gasteiger partial charge in [0.1, 0.15) is 23.7 Å². The maximum atomic E-state index is 13.5. The van der Waals surface area contributed by atoms with Gasteiger partial charge in [0.05, 0.1) is 52.7 Å². The lowest BCUT2D eigenvalue weighted by Gasteiger charge is -2.28. The van der Waals surface area contributed by atoms with E-state index in [2.05, 4.69) is 40.5 Å². The lowest BCUT2D eigenvalue weighted by atomic mass is 10.1. The highest BCUT2D eigenvalue weighted by Gasteiger charge is 2.37. The van der Waals surface area contributed by atoms with Gasteiger partial charge < -0.3 is 50.1 Å². The molecule has 2 aliphatic heterocycles. The molecule has 278 valence electrons. The molecule has 0 bridgehead atoms. The number of amides is 4. The van der Waals surface area contributed by atoms with Gasteiger partial charge in [-0.3, -0.25) is 9.59 Å². The van der Waals surface area contributed by atoms with Crippen molar-refractivity contribution in [3.8, 4) is 31.2 Å². The number of hydrogen-bond acceptors (Lipinski definition) is 13. The Morgan fingerprint density at radius 2 is 1.35 bits per heavy atom. The molecule has 0 aromatic carbocycles. The molecule has 4 aromatic heterocycles. The summed E-state index contributed by atoms with van der Waals surface area (Å²) in [7, 11) is 2.79. The number of nitrogens with zero attached hydrogens (tertiary/aromatic N) is 6. The summed E-state index contributed by atoms with van der Waals surface area (Å²) in [5.41, 5.74) is 1.48. The average molecular weight is 757 g/mol. The second-order valence-electron chi connectivity index (χ2n) is 12.3. The molecule has 4 atom stereocenters. The first-order chi connectivity index (χ1) is 25.2. The maximum absolute atomic E-state index is 13.5. The molecule has 52 heavy (non-hydrogen) atoms. The molecule has 4 amide bonds. The second kappa shape index (κ2) is 16.6. The van der Waals surface area contributed by atoms with Crippen LogP contribution in [0.2, 0.25) is 0 Å². The molecular formula is C32H40N10O8S2. The standard InChI is InChI=1S/C32H40N10O8S2/c1-49-12-8-18(40-32(48)50-2)30(45)42-10-4-6-22(42)26-34-14-20(38-26)24-16-36-28(52-24)27-35-15-23(51-27)19-13-33-25(37-19)21-5-3-9-41(21)29(44)17(7-11-43)39-31(46)47/h13-18,21-22,39,43H,3-12H2,1-2H3,(H,33,37)(H,34,38)(H,40,48)(H,46,47). The van der Waals surface area contributed by atoms with E-state index >= 15 is 0 Å². The normalized spacial score (nSPS) is 18.4. The molecule has 6 heterocycles. The number of aliphatic hydroxyl groups excluding tert-OH is 1. The van der Waals surface area contributed by atoms with Crippen LogP contribution in [0, 0.1) is 0 Å². The Bertz CT molecular complexity index is 1870. The molecule has 18 nitrogen and oxygen atoms in total. The number of ether oxygens (including phenoxy) is 2. The van der Waals surface area contributed by atoms with Gasteiger partial charge in [0, 0.05) is 52.2 Å². The number of H-pyrrole nitrogens is 2. The highest BCUT2D eigenvalue weighted by Crippen LogP contribution is 2.39. The van der Waals surface area contributed by atoms with Gasteiger partial charge in [-0.25, -0.2) is 29.5 Å². The smallest absolute Gasteiger partial charge is 0.407 e. The summed E-state index contributed by atoms with van der Waals surface area (Å²) in [4.78, 5) is 80.0. The van der Waals surface area contributed by atoms with E-state index < -0.39 is 30.2 Å². The Morgan fingerprint density at radius 1 is 0.827 bits per heavy atom. The van der Waals surface area contributed by atoms with Gasteiger partial charge in [0.2, 0.25) is 11.8 Å². The number of hydrogen-bond donors (Lipinski definition) is 6. The molecule has 6 N–H and O–H groups in total. The fraction of sp³-hybridized carbons (Fsp3) is 0.500. The van der Waals surface area contributed by atoms with Crippen LogP contribution in [0.1, 0.15) is 62.3 Å². The van der Waals surface area contributed by atoms with E-state index in [1.807, 2.05) is 0 Å². The van der Waals surface area contributed by atoms with Gasteiger partial charge in [-0.2, -0.15) is 0 Å². The Kier molecular flexibility index (Phi) is 11.8. The van der Waals surface area contributed by atoms with Crippen LogP contribution < -0.4 is 10.6 Å². The van der Waals surface area contributed by atoms with Crippen molar-refractivity contribution in [1.29, 1.82) is 0 Å². The molecule has 0 radical (unpaired) electrons. The van der Waals surface area contributed by atoms with E-state index in [9.17, 15) is 24.3 Å². The van der Waals surface area contributed by atoms with Crippen LogP contribution in [0.4, 0.5) is 9.59 Å². The van der Waals surface area contributed by atoms with Crippen molar-refractivity contribution in [3.63, 3.8) is 0 Å². The van der Waals surface area contributed by atoms with E-state index in [0.29, 0.717) is 54.2 Å². The first-order valence-corrected chi connectivity index (χ1v) is 18.4. The Balaban J connectivity index is 1.12. The predicted molar refractivity (Wildman–Crippen MR) is 188 cm³/mol. The molecule has 0 saturated carbocycles. The zero-order valence-electron chi connectivity index (χ0n) is 28.5. The first kappa shape index (κ1) is 36.9. The SMILES string of the molecule is COCCC(NC(=O)OC)C(=O)N1CCCC1c1ncc(-c2cnc(-c3ncc(-c4cnc(C5CCCN5C(=O)C(CCO)NC(=O)O)[nH]4)s3)s2)[nH]1. The number of carbonyl (C=O) groups is 4. The van der Waals surface area contributed by atoms with Crippen LogP contribution in [0.15, 0.2) is 24.8 Å². The molecule has 0 spiro atoms. The van der Waals surface area contributed by atoms with Crippen molar-refractivity contribution in [3.05, 3.63) is 36.4 Å². The first-order valence-electron chi connectivity index (χ1n) is 16.8. The van der Waals surface area contributed by atoms with E-state index in [1.54, 1.807) is 34.6 Å². The molecule has 2 aliphatic rings. The number of thiazole rings is 2. The van der Waals surface area contributed by atoms with E-state index in [0.717, 1.165) is 40.4 Å². The van der Waals surface area contributed by atoms with Crippen molar-refractivity contribution in [2.24, 2.45) is 0 Å². The predicted octanol–water partition coefficient (Wildman–Crippen LogP) is 3.15. The maximum Gasteiger partial charge on any atom is 0.407 e. The van der Waals surface area contributed by atoms with Gasteiger partial charge in [-0.05, 0) is 32.1 Å². The Morgan fingerprint density at radius 3 is 1.81 bits per heavy atom. The van der Waals surface area contributed by atoms with Crippen LogP contribution in [-0.4, -0.2) is 127 Å². The zero-order valence-corrected chi connectivity index (χ0v) is 30.2. The second-order valence-corrected chi connectivity index (χ2v) is 14.3. The third kappa shape index (κ3) is 8.09. The minimum atomic E-state index is -1.32. The largest absolute Gasteiger partial charge is 0.465 e. The van der Waals surface area contributed by atoms with Crippen LogP contribution in [0.5, 0.6) is 0 Å². The van der Waals surface area contributed by atoms with Crippen LogP contribution in [0.3, 0.4) is 0 Å². The van der Waals surface area contributed by atoms with Crippen molar-refractivity contribution < 1.29 is 38.9 Å².